The average Bonchev–Trinajstić information content (AvgIpc) is 2.67. The van der Waals surface area contributed by atoms with E-state index in [4.69, 9.17) is 24.0 Å². The molecule has 0 spiro atoms. The van der Waals surface area contributed by atoms with Crippen molar-refractivity contribution >= 4 is 5.97 Å². The number of benzene rings is 1. The van der Waals surface area contributed by atoms with Crippen LogP contribution in [-0.2, 0) is 9.78 Å². The van der Waals surface area contributed by atoms with Crippen molar-refractivity contribution in [3.8, 4) is 17.2 Å². The Labute approximate surface area is 156 Å². The van der Waals surface area contributed by atoms with Gasteiger partial charge in [0.15, 0.2) is 11.5 Å². The number of carbonyl (C=O) groups is 1. The number of hydrogen-bond donors (Lipinski definition) is 0. The van der Waals surface area contributed by atoms with Crippen molar-refractivity contribution in [2.24, 2.45) is 0 Å². The van der Waals surface area contributed by atoms with Gasteiger partial charge in [-0.05, 0) is 18.6 Å². The molecule has 26 heavy (non-hydrogen) atoms. The molecular weight excluding hydrogens is 336 g/mol. The van der Waals surface area contributed by atoms with Crippen molar-refractivity contribution in [3.63, 3.8) is 0 Å². The van der Waals surface area contributed by atoms with Gasteiger partial charge in [-0.3, -0.25) is 4.89 Å². The first-order chi connectivity index (χ1) is 12.7. The molecule has 0 aliphatic carbocycles. The van der Waals surface area contributed by atoms with Crippen LogP contribution in [0.4, 0.5) is 0 Å². The third-order valence-electron chi connectivity index (χ3n) is 4.01. The van der Waals surface area contributed by atoms with Gasteiger partial charge in [-0.1, -0.05) is 51.9 Å². The topological polar surface area (TPSA) is 63.2 Å². The average molecular weight is 367 g/mol. The molecule has 0 heterocycles. The second kappa shape index (κ2) is 13.3. The van der Waals surface area contributed by atoms with Gasteiger partial charge in [0.2, 0.25) is 5.75 Å². The second-order valence-corrected chi connectivity index (χ2v) is 5.94. The summed E-state index contributed by atoms with van der Waals surface area (Å²) in [6.07, 6.45) is 9.06. The first kappa shape index (κ1) is 22.1. The smallest absolute Gasteiger partial charge is 0.373 e. The molecule has 6 heteroatoms. The fourth-order valence-corrected chi connectivity index (χ4v) is 2.56. The molecule has 6 nitrogen and oxygen atoms in total. The number of methoxy groups -OCH3 is 3. The third kappa shape index (κ3) is 7.52. The van der Waals surface area contributed by atoms with Crippen LogP contribution in [0.3, 0.4) is 0 Å². The van der Waals surface area contributed by atoms with Crippen molar-refractivity contribution in [2.45, 2.75) is 51.4 Å². The molecule has 0 atom stereocenters. The van der Waals surface area contributed by atoms with Crippen LogP contribution in [0, 0.1) is 6.92 Å². The summed E-state index contributed by atoms with van der Waals surface area (Å²) in [6.45, 7) is 4.22. The lowest BCUT2D eigenvalue weighted by Crippen LogP contribution is -2.08. The maximum atomic E-state index is 12.1. The summed E-state index contributed by atoms with van der Waals surface area (Å²) in [7, 11) is 4.48. The van der Waals surface area contributed by atoms with Crippen molar-refractivity contribution < 1.29 is 28.8 Å². The zero-order chi connectivity index (χ0) is 19.2. The van der Waals surface area contributed by atoms with E-state index in [2.05, 4.69) is 6.92 Å². The van der Waals surface area contributed by atoms with Crippen LogP contribution in [0.1, 0.15) is 61.7 Å². The minimum Gasteiger partial charge on any atom is -0.493 e. The monoisotopic (exact) mass is 367 g/mol. The zero-order valence-corrected chi connectivity index (χ0v) is 16.2. The van der Waals surface area contributed by atoms with Gasteiger partial charge in [-0.15, -0.1) is 0 Å². The van der Waals surface area contributed by atoms with Gasteiger partial charge in [0.25, 0.3) is 0 Å². The summed E-state index contributed by atoms with van der Waals surface area (Å²) in [5.41, 5.74) is 0.268. The summed E-state index contributed by atoms with van der Waals surface area (Å²) >= 11 is 0. The van der Waals surface area contributed by atoms with E-state index in [9.17, 15) is 4.79 Å². The number of carbonyl (C=O) groups excluding carboxylic acids is 1. The van der Waals surface area contributed by atoms with E-state index >= 15 is 0 Å². The Morgan fingerprint density at radius 2 is 1.38 bits per heavy atom. The van der Waals surface area contributed by atoms with Crippen LogP contribution < -0.4 is 14.2 Å². The zero-order valence-electron chi connectivity index (χ0n) is 16.2. The van der Waals surface area contributed by atoms with E-state index < -0.39 is 5.97 Å². The van der Waals surface area contributed by atoms with Gasteiger partial charge in [-0.25, -0.2) is 4.79 Å². The summed E-state index contributed by atoms with van der Waals surface area (Å²) in [5, 5.41) is 0. The summed E-state index contributed by atoms with van der Waals surface area (Å²) in [6, 6.07) is 3.05. The molecule has 0 bridgehead atoms. The molecule has 0 amide bonds. The lowest BCUT2D eigenvalue weighted by molar-refractivity contribution is -0.241. The Morgan fingerprint density at radius 1 is 0.846 bits per heavy atom. The Kier molecular flexibility index (Phi) is 11.3. The molecule has 0 aliphatic rings. The van der Waals surface area contributed by atoms with Crippen LogP contribution in [0.5, 0.6) is 17.2 Å². The van der Waals surface area contributed by atoms with Gasteiger partial charge >= 0.3 is 5.97 Å². The highest BCUT2D eigenvalue weighted by atomic mass is 17.2. The summed E-state index contributed by atoms with van der Waals surface area (Å²) in [4.78, 5) is 22.0. The molecule has 147 valence electrons. The standard InChI is InChI=1S/C20H31O6/c1-5-6-7-8-9-10-11-12-13-25-26-20(21)16-14-17(22-2)19(24-4)18(15-16)23-3/h14-15H,1,5-13H2,2-4H3. The predicted octanol–water partition coefficient (Wildman–Crippen LogP) is 4.76. The van der Waals surface area contributed by atoms with Crippen LogP contribution in [0.2, 0.25) is 0 Å². The minimum atomic E-state index is -0.600. The lowest BCUT2D eigenvalue weighted by Gasteiger charge is -2.13. The maximum Gasteiger partial charge on any atom is 0.373 e. The van der Waals surface area contributed by atoms with Gasteiger partial charge in [0, 0.05) is 0 Å². The number of unbranched alkanes of at least 4 members (excludes halogenated alkanes) is 7. The quantitative estimate of drug-likeness (QED) is 0.268. The van der Waals surface area contributed by atoms with E-state index in [0.717, 1.165) is 19.3 Å². The highest BCUT2D eigenvalue weighted by Gasteiger charge is 2.18. The number of hydrogen-bond acceptors (Lipinski definition) is 6. The van der Waals surface area contributed by atoms with Crippen molar-refractivity contribution in [1.82, 2.24) is 0 Å². The van der Waals surface area contributed by atoms with Crippen molar-refractivity contribution in [3.05, 3.63) is 24.6 Å². The molecule has 1 rings (SSSR count). The molecule has 0 unspecified atom stereocenters. The van der Waals surface area contributed by atoms with Crippen LogP contribution >= 0.6 is 0 Å². The van der Waals surface area contributed by atoms with Gasteiger partial charge in [0.1, 0.15) is 0 Å². The van der Waals surface area contributed by atoms with E-state index in [1.165, 1.54) is 65.6 Å². The van der Waals surface area contributed by atoms with Gasteiger partial charge < -0.3 is 14.2 Å². The van der Waals surface area contributed by atoms with Crippen LogP contribution in [0.15, 0.2) is 12.1 Å². The number of ether oxygens (including phenoxy) is 3. The summed E-state index contributed by atoms with van der Waals surface area (Å²) in [5.74, 6) is 0.593. The van der Waals surface area contributed by atoms with Gasteiger partial charge in [0.05, 0.1) is 33.5 Å². The fraction of sp³-hybridized carbons (Fsp3) is 0.600. The SMILES string of the molecule is [CH2]CCCCCCCCCOOC(=O)c1cc(OC)c(OC)c(OC)c1. The highest BCUT2D eigenvalue weighted by molar-refractivity contribution is 5.90. The normalized spacial score (nSPS) is 10.5. The molecule has 0 fully saturated rings. The summed E-state index contributed by atoms with van der Waals surface area (Å²) < 4.78 is 15.7. The minimum absolute atomic E-state index is 0.268. The van der Waals surface area contributed by atoms with Gasteiger partial charge in [-0.2, -0.15) is 4.89 Å². The van der Waals surface area contributed by atoms with Crippen LogP contribution in [-0.4, -0.2) is 33.9 Å². The highest BCUT2D eigenvalue weighted by Crippen LogP contribution is 2.38. The molecule has 0 saturated heterocycles. The molecule has 0 aliphatic heterocycles. The van der Waals surface area contributed by atoms with E-state index in [1.54, 1.807) is 0 Å². The second-order valence-electron chi connectivity index (χ2n) is 5.94. The van der Waals surface area contributed by atoms with Crippen molar-refractivity contribution in [2.75, 3.05) is 27.9 Å². The Morgan fingerprint density at radius 3 is 1.88 bits per heavy atom. The molecule has 1 radical (unpaired) electrons. The van der Waals surface area contributed by atoms with Crippen LogP contribution in [0.25, 0.3) is 0 Å². The third-order valence-corrected chi connectivity index (χ3v) is 4.01. The molecule has 1 aromatic rings. The first-order valence-corrected chi connectivity index (χ1v) is 9.11. The van der Waals surface area contributed by atoms with E-state index in [1.807, 2.05) is 0 Å². The first-order valence-electron chi connectivity index (χ1n) is 9.11. The molecule has 0 saturated carbocycles. The van der Waals surface area contributed by atoms with E-state index in [-0.39, 0.29) is 5.56 Å². The predicted molar refractivity (Wildman–Crippen MR) is 99.8 cm³/mol. The number of rotatable bonds is 14. The Bertz CT molecular complexity index is 504. The largest absolute Gasteiger partial charge is 0.493 e. The van der Waals surface area contributed by atoms with E-state index in [0.29, 0.717) is 23.9 Å². The maximum absolute atomic E-state index is 12.1. The molecule has 1 aromatic carbocycles. The molecule has 0 aromatic heterocycles. The fourth-order valence-electron chi connectivity index (χ4n) is 2.56. The molecule has 0 N–H and O–H groups in total. The molecular formula is C20H31O6. The lowest BCUT2D eigenvalue weighted by atomic mass is 10.1. The Balaban J connectivity index is 2.33. The Hall–Kier alpha value is -1.95. The van der Waals surface area contributed by atoms with Crippen molar-refractivity contribution in [1.29, 1.82) is 0 Å².